The van der Waals surface area contributed by atoms with E-state index in [2.05, 4.69) is 9.88 Å². The van der Waals surface area contributed by atoms with Crippen LogP contribution in [0.1, 0.15) is 38.5 Å². The van der Waals surface area contributed by atoms with Crippen LogP contribution in [-0.4, -0.2) is 50.5 Å². The maximum absolute atomic E-state index is 15.2. The molecule has 34 heavy (non-hydrogen) atoms. The van der Waals surface area contributed by atoms with Gasteiger partial charge in [-0.2, -0.15) is 4.39 Å². The van der Waals surface area contributed by atoms with Crippen LogP contribution in [0.5, 0.6) is 0 Å². The SMILES string of the molecule is O=S(=O)(Nc1cccc(F)n1)c1c(F)cc(N2CC[C@@]3(CC[C@H]3N3CCCCC3)C2)c(Cl)c1F. The lowest BCUT2D eigenvalue weighted by molar-refractivity contribution is -0.0206. The summed E-state index contributed by atoms with van der Waals surface area (Å²) in [4.78, 5) is 6.58. The number of likely N-dealkylation sites (tertiary alicyclic amines) is 1. The lowest BCUT2D eigenvalue weighted by atomic mass is 9.63. The van der Waals surface area contributed by atoms with E-state index in [0.717, 1.165) is 44.5 Å². The van der Waals surface area contributed by atoms with Crippen molar-refractivity contribution in [2.45, 2.75) is 49.5 Å². The fourth-order valence-electron chi connectivity index (χ4n) is 5.76. The monoisotopic (exact) mass is 514 g/mol. The lowest BCUT2D eigenvalue weighted by Crippen LogP contribution is -2.57. The number of hydrogen-bond donors (Lipinski definition) is 1. The number of pyridine rings is 1. The first-order valence-electron chi connectivity index (χ1n) is 11.5. The predicted molar refractivity (Wildman–Crippen MR) is 124 cm³/mol. The van der Waals surface area contributed by atoms with Crippen LogP contribution in [0.3, 0.4) is 0 Å². The zero-order chi connectivity index (χ0) is 24.1. The summed E-state index contributed by atoms with van der Waals surface area (Å²) in [5.74, 6) is -3.96. The molecule has 2 saturated heterocycles. The number of hydrogen-bond acceptors (Lipinski definition) is 5. The van der Waals surface area contributed by atoms with Gasteiger partial charge >= 0.3 is 0 Å². The van der Waals surface area contributed by atoms with Crippen molar-refractivity contribution in [3.63, 3.8) is 0 Å². The third-order valence-corrected chi connectivity index (χ3v) is 9.25. The van der Waals surface area contributed by atoms with E-state index in [-0.39, 0.29) is 11.1 Å². The van der Waals surface area contributed by atoms with Crippen molar-refractivity contribution in [2.24, 2.45) is 5.41 Å². The predicted octanol–water partition coefficient (Wildman–Crippen LogP) is 4.80. The molecule has 3 heterocycles. The van der Waals surface area contributed by atoms with Crippen LogP contribution in [0.2, 0.25) is 5.02 Å². The van der Waals surface area contributed by atoms with Crippen molar-refractivity contribution in [1.82, 2.24) is 9.88 Å². The smallest absolute Gasteiger partial charge is 0.268 e. The largest absolute Gasteiger partial charge is 0.370 e. The molecule has 1 aromatic carbocycles. The highest BCUT2D eigenvalue weighted by Gasteiger charge is 2.53. The average Bonchev–Trinajstić information content (AvgIpc) is 3.23. The average molecular weight is 515 g/mol. The Morgan fingerprint density at radius 3 is 2.53 bits per heavy atom. The molecule has 1 N–H and O–H groups in total. The van der Waals surface area contributed by atoms with E-state index in [1.165, 1.54) is 31.4 Å². The molecule has 0 radical (unpaired) electrons. The molecule has 11 heteroatoms. The first-order valence-corrected chi connectivity index (χ1v) is 13.4. The summed E-state index contributed by atoms with van der Waals surface area (Å²) in [5.41, 5.74) is 0.226. The van der Waals surface area contributed by atoms with E-state index in [9.17, 15) is 12.8 Å². The second kappa shape index (κ2) is 8.87. The van der Waals surface area contributed by atoms with Gasteiger partial charge in [-0.3, -0.25) is 9.62 Å². The van der Waals surface area contributed by atoms with Gasteiger partial charge in [0.25, 0.3) is 10.0 Å². The van der Waals surface area contributed by atoms with Crippen LogP contribution in [0.25, 0.3) is 0 Å². The molecule has 1 saturated carbocycles. The van der Waals surface area contributed by atoms with Gasteiger partial charge in [0.2, 0.25) is 5.95 Å². The molecule has 2 aromatic rings. The van der Waals surface area contributed by atoms with Crippen LogP contribution >= 0.6 is 11.6 Å². The Balaban J connectivity index is 1.39. The van der Waals surface area contributed by atoms with Gasteiger partial charge in [0.05, 0.1) is 5.69 Å². The molecular formula is C23H26ClF3N4O2S. The molecule has 2 atom stereocenters. The first kappa shape index (κ1) is 23.7. The highest BCUT2D eigenvalue weighted by molar-refractivity contribution is 7.92. The van der Waals surface area contributed by atoms with Crippen molar-refractivity contribution in [1.29, 1.82) is 0 Å². The molecule has 3 aliphatic rings. The Kier molecular flexibility index (Phi) is 6.18. The van der Waals surface area contributed by atoms with Gasteiger partial charge in [-0.05, 0) is 57.3 Å². The second-order valence-electron chi connectivity index (χ2n) is 9.47. The normalized spacial score (nSPS) is 25.5. The number of aromatic nitrogens is 1. The van der Waals surface area contributed by atoms with Gasteiger partial charge in [-0.15, -0.1) is 0 Å². The molecule has 5 rings (SSSR count). The van der Waals surface area contributed by atoms with Crippen molar-refractivity contribution in [2.75, 3.05) is 35.8 Å². The van der Waals surface area contributed by atoms with Gasteiger partial charge in [-0.25, -0.2) is 22.2 Å². The molecule has 184 valence electrons. The Morgan fingerprint density at radius 2 is 1.85 bits per heavy atom. The van der Waals surface area contributed by atoms with Crippen molar-refractivity contribution in [3.8, 4) is 0 Å². The third kappa shape index (κ3) is 4.13. The lowest BCUT2D eigenvalue weighted by Gasteiger charge is -2.53. The number of anilines is 2. The van der Waals surface area contributed by atoms with Gasteiger partial charge < -0.3 is 4.90 Å². The maximum Gasteiger partial charge on any atom is 0.268 e. The fourth-order valence-corrected chi connectivity index (χ4v) is 7.22. The van der Waals surface area contributed by atoms with E-state index >= 15 is 8.78 Å². The molecule has 3 fully saturated rings. The van der Waals surface area contributed by atoms with E-state index < -0.39 is 43.3 Å². The molecular weight excluding hydrogens is 489 g/mol. The zero-order valence-electron chi connectivity index (χ0n) is 18.5. The third-order valence-electron chi connectivity index (χ3n) is 7.50. The number of nitrogens with one attached hydrogen (secondary N) is 1. The molecule has 1 aliphatic carbocycles. The maximum atomic E-state index is 15.2. The number of sulfonamides is 1. The van der Waals surface area contributed by atoms with E-state index in [4.69, 9.17) is 11.6 Å². The minimum atomic E-state index is -4.73. The molecule has 0 bridgehead atoms. The minimum Gasteiger partial charge on any atom is -0.370 e. The summed E-state index contributed by atoms with van der Waals surface area (Å²) >= 11 is 6.26. The summed E-state index contributed by atoms with van der Waals surface area (Å²) in [7, 11) is -4.73. The van der Waals surface area contributed by atoms with Crippen LogP contribution in [0.15, 0.2) is 29.2 Å². The van der Waals surface area contributed by atoms with Crippen molar-refractivity contribution >= 4 is 33.1 Å². The summed E-state index contributed by atoms with van der Waals surface area (Å²) in [6.07, 6.45) is 6.75. The second-order valence-corrected chi connectivity index (χ2v) is 11.5. The van der Waals surface area contributed by atoms with Crippen LogP contribution in [0.4, 0.5) is 24.7 Å². The molecule has 1 spiro atoms. The van der Waals surface area contributed by atoms with Crippen molar-refractivity contribution in [3.05, 3.63) is 46.9 Å². The number of halogens is 4. The summed E-state index contributed by atoms with van der Waals surface area (Å²) in [6.45, 7) is 3.41. The summed E-state index contributed by atoms with van der Waals surface area (Å²) in [6, 6.07) is 4.86. The number of nitrogens with zero attached hydrogens (tertiary/aromatic N) is 3. The van der Waals surface area contributed by atoms with Crippen molar-refractivity contribution < 1.29 is 21.6 Å². The number of piperidine rings is 1. The Bertz CT molecular complexity index is 1210. The Hall–Kier alpha value is -2.04. The van der Waals surface area contributed by atoms with E-state index in [0.29, 0.717) is 19.1 Å². The van der Waals surface area contributed by atoms with E-state index in [1.807, 2.05) is 9.62 Å². The molecule has 1 aromatic heterocycles. The first-order chi connectivity index (χ1) is 16.2. The highest BCUT2D eigenvalue weighted by atomic mass is 35.5. The van der Waals surface area contributed by atoms with Gasteiger partial charge in [0.15, 0.2) is 10.7 Å². The number of benzene rings is 1. The molecule has 0 unspecified atom stereocenters. The topological polar surface area (TPSA) is 65.5 Å². The van der Waals surface area contributed by atoms with Crippen LogP contribution in [0, 0.1) is 23.0 Å². The summed E-state index contributed by atoms with van der Waals surface area (Å²) < 4.78 is 70.8. The fraction of sp³-hybridized carbons (Fsp3) is 0.522. The molecule has 2 aliphatic heterocycles. The minimum absolute atomic E-state index is 0.0724. The van der Waals surface area contributed by atoms with E-state index in [1.54, 1.807) is 0 Å². The Labute approximate surface area is 202 Å². The standard InChI is InChI=1S/C23H26ClF3N4O2S/c24-20-16(31-12-9-23(14-31)8-7-17(23)30-10-2-1-3-11-30)13-15(25)22(21(20)27)34(32,33)29-19-6-4-5-18(26)28-19/h4-6,13,17H,1-3,7-12,14H2,(H,28,29)/t17-,23+/m1/s1. The summed E-state index contributed by atoms with van der Waals surface area (Å²) in [5, 5.41) is -0.445. The molecule has 0 amide bonds. The quantitative estimate of drug-likeness (QED) is 0.459. The van der Waals surface area contributed by atoms with Gasteiger partial charge in [-0.1, -0.05) is 24.1 Å². The van der Waals surface area contributed by atoms with Gasteiger partial charge in [0.1, 0.15) is 16.7 Å². The van der Waals surface area contributed by atoms with Crippen LogP contribution in [-0.2, 0) is 10.0 Å². The van der Waals surface area contributed by atoms with Crippen LogP contribution < -0.4 is 9.62 Å². The number of rotatable bonds is 5. The zero-order valence-corrected chi connectivity index (χ0v) is 20.1. The Morgan fingerprint density at radius 1 is 1.09 bits per heavy atom. The molecule has 6 nitrogen and oxygen atoms in total. The highest BCUT2D eigenvalue weighted by Crippen LogP contribution is 2.52. The van der Waals surface area contributed by atoms with Gasteiger partial charge in [0, 0.05) is 30.6 Å².